The molecule has 0 saturated heterocycles. The van der Waals surface area contributed by atoms with Crippen molar-refractivity contribution in [2.24, 2.45) is 5.73 Å². The van der Waals surface area contributed by atoms with E-state index in [2.05, 4.69) is 12.2 Å². The van der Waals surface area contributed by atoms with Crippen LogP contribution < -0.4 is 11.1 Å². The van der Waals surface area contributed by atoms with Gasteiger partial charge in [0, 0.05) is 0 Å². The predicted octanol–water partition coefficient (Wildman–Crippen LogP) is 1.31. The quantitative estimate of drug-likeness (QED) is 0.338. The first-order valence-electron chi connectivity index (χ1n) is 6.44. The summed E-state index contributed by atoms with van der Waals surface area (Å²) in [4.78, 5) is 0. The molecule has 2 unspecified atom stereocenters. The van der Waals surface area contributed by atoms with E-state index in [1.165, 1.54) is 0 Å². The van der Waals surface area contributed by atoms with Gasteiger partial charge in [-0.1, -0.05) is 26.7 Å². The highest BCUT2D eigenvalue weighted by Crippen LogP contribution is 2.15. The number of hydrogen-bond acceptors (Lipinski definition) is 4. The molecule has 0 rings (SSSR count). The first-order chi connectivity index (χ1) is 7.52. The van der Waals surface area contributed by atoms with Crippen molar-refractivity contribution in [3.63, 3.8) is 0 Å². The molecule has 0 amide bonds. The SMILES string of the molecule is CCCCCC(N)(O)CCC(O)NCCC. The van der Waals surface area contributed by atoms with Crippen LogP contribution in [0.2, 0.25) is 0 Å². The molecule has 0 aliphatic carbocycles. The standard InChI is InChI=1S/C12H28N2O2/c1-3-5-6-8-12(13,16)9-7-11(15)14-10-4-2/h11,14-16H,3-10,13H2,1-2H3. The smallest absolute Gasteiger partial charge is 0.113 e. The molecule has 0 aromatic rings. The zero-order chi connectivity index (χ0) is 12.4. The predicted molar refractivity (Wildman–Crippen MR) is 66.8 cm³/mol. The zero-order valence-corrected chi connectivity index (χ0v) is 10.7. The highest BCUT2D eigenvalue weighted by atomic mass is 16.3. The van der Waals surface area contributed by atoms with Crippen LogP contribution in [0.25, 0.3) is 0 Å². The van der Waals surface area contributed by atoms with Crippen LogP contribution in [0.1, 0.15) is 58.8 Å². The molecule has 0 radical (unpaired) electrons. The summed E-state index contributed by atoms with van der Waals surface area (Å²) in [6.07, 6.45) is 5.14. The van der Waals surface area contributed by atoms with Gasteiger partial charge in [0.2, 0.25) is 0 Å². The summed E-state index contributed by atoms with van der Waals surface area (Å²) in [5.74, 6) is 0. The molecule has 16 heavy (non-hydrogen) atoms. The summed E-state index contributed by atoms with van der Waals surface area (Å²) < 4.78 is 0. The highest BCUT2D eigenvalue weighted by Gasteiger charge is 2.21. The van der Waals surface area contributed by atoms with Crippen molar-refractivity contribution >= 4 is 0 Å². The van der Waals surface area contributed by atoms with Crippen molar-refractivity contribution in [2.75, 3.05) is 6.54 Å². The molecule has 0 aromatic heterocycles. The van der Waals surface area contributed by atoms with Crippen LogP contribution in [-0.2, 0) is 0 Å². The Balaban J connectivity index is 3.62. The van der Waals surface area contributed by atoms with E-state index in [4.69, 9.17) is 5.73 Å². The van der Waals surface area contributed by atoms with E-state index in [1.54, 1.807) is 0 Å². The van der Waals surface area contributed by atoms with E-state index in [1.807, 2.05) is 6.92 Å². The number of nitrogens with one attached hydrogen (secondary N) is 1. The average Bonchev–Trinajstić information content (AvgIpc) is 2.24. The lowest BCUT2D eigenvalue weighted by Crippen LogP contribution is -2.41. The lowest BCUT2D eigenvalue weighted by atomic mass is 10.00. The van der Waals surface area contributed by atoms with Gasteiger partial charge in [0.25, 0.3) is 0 Å². The van der Waals surface area contributed by atoms with Crippen molar-refractivity contribution in [1.82, 2.24) is 5.32 Å². The molecule has 4 heteroatoms. The van der Waals surface area contributed by atoms with E-state index in [0.717, 1.165) is 32.2 Å². The molecule has 0 aliphatic rings. The second-order valence-electron chi connectivity index (χ2n) is 4.57. The molecule has 98 valence electrons. The Kier molecular flexibility index (Phi) is 8.84. The van der Waals surface area contributed by atoms with Gasteiger partial charge in [0.05, 0.1) is 0 Å². The van der Waals surface area contributed by atoms with Crippen molar-refractivity contribution in [3.8, 4) is 0 Å². The lowest BCUT2D eigenvalue weighted by Gasteiger charge is -2.24. The topological polar surface area (TPSA) is 78.5 Å². The number of aliphatic hydroxyl groups is 2. The Labute approximate surface area is 99.2 Å². The maximum absolute atomic E-state index is 9.85. The summed E-state index contributed by atoms with van der Waals surface area (Å²) in [7, 11) is 0. The minimum Gasteiger partial charge on any atom is -0.379 e. The summed E-state index contributed by atoms with van der Waals surface area (Å²) >= 11 is 0. The van der Waals surface area contributed by atoms with Gasteiger partial charge in [0.15, 0.2) is 0 Å². The van der Waals surface area contributed by atoms with E-state index < -0.39 is 12.0 Å². The van der Waals surface area contributed by atoms with Gasteiger partial charge in [-0.05, 0) is 38.6 Å². The van der Waals surface area contributed by atoms with E-state index in [9.17, 15) is 10.2 Å². The van der Waals surface area contributed by atoms with Crippen LogP contribution in [0.5, 0.6) is 0 Å². The fourth-order valence-electron chi connectivity index (χ4n) is 1.61. The van der Waals surface area contributed by atoms with Crippen LogP contribution in [0.15, 0.2) is 0 Å². The molecule has 0 bridgehead atoms. The van der Waals surface area contributed by atoms with Gasteiger partial charge in [-0.15, -0.1) is 0 Å². The van der Waals surface area contributed by atoms with Crippen LogP contribution in [0.3, 0.4) is 0 Å². The van der Waals surface area contributed by atoms with Gasteiger partial charge in [-0.2, -0.15) is 0 Å². The molecule has 0 heterocycles. The van der Waals surface area contributed by atoms with Gasteiger partial charge in [-0.25, -0.2) is 0 Å². The van der Waals surface area contributed by atoms with Crippen LogP contribution in [0, 0.1) is 0 Å². The summed E-state index contributed by atoms with van der Waals surface area (Å²) in [5.41, 5.74) is 4.63. The van der Waals surface area contributed by atoms with Gasteiger partial charge < -0.3 is 15.9 Å². The van der Waals surface area contributed by atoms with E-state index in [0.29, 0.717) is 19.3 Å². The number of rotatable bonds is 10. The third-order valence-corrected chi connectivity index (χ3v) is 2.69. The normalized spacial score (nSPS) is 17.1. The Hall–Kier alpha value is -0.160. The third-order valence-electron chi connectivity index (χ3n) is 2.69. The summed E-state index contributed by atoms with van der Waals surface area (Å²) in [5, 5.41) is 22.4. The van der Waals surface area contributed by atoms with Crippen molar-refractivity contribution < 1.29 is 10.2 Å². The molecule has 0 aliphatic heterocycles. The summed E-state index contributed by atoms with van der Waals surface area (Å²) in [6.45, 7) is 4.96. The molecule has 0 aromatic carbocycles. The minimum atomic E-state index is -1.12. The molecule has 5 N–H and O–H groups in total. The molecule has 0 spiro atoms. The lowest BCUT2D eigenvalue weighted by molar-refractivity contribution is 0.00689. The Bertz CT molecular complexity index is 163. The van der Waals surface area contributed by atoms with E-state index in [-0.39, 0.29) is 0 Å². The Morgan fingerprint density at radius 2 is 1.88 bits per heavy atom. The van der Waals surface area contributed by atoms with Gasteiger partial charge in [0.1, 0.15) is 12.0 Å². The van der Waals surface area contributed by atoms with Crippen molar-refractivity contribution in [1.29, 1.82) is 0 Å². The molecular formula is C12H28N2O2. The number of hydrogen-bond donors (Lipinski definition) is 4. The molecular weight excluding hydrogens is 204 g/mol. The second-order valence-corrected chi connectivity index (χ2v) is 4.57. The maximum Gasteiger partial charge on any atom is 0.113 e. The fraction of sp³-hybridized carbons (Fsp3) is 1.00. The monoisotopic (exact) mass is 232 g/mol. The van der Waals surface area contributed by atoms with Crippen molar-refractivity contribution in [2.45, 2.75) is 70.7 Å². The number of aliphatic hydroxyl groups excluding tert-OH is 1. The fourth-order valence-corrected chi connectivity index (χ4v) is 1.61. The average molecular weight is 232 g/mol. The maximum atomic E-state index is 9.85. The van der Waals surface area contributed by atoms with Gasteiger partial charge in [-0.3, -0.25) is 5.32 Å². The van der Waals surface area contributed by atoms with E-state index >= 15 is 0 Å². The van der Waals surface area contributed by atoms with Crippen molar-refractivity contribution in [3.05, 3.63) is 0 Å². The van der Waals surface area contributed by atoms with Gasteiger partial charge >= 0.3 is 0 Å². The molecule has 4 nitrogen and oxygen atoms in total. The third kappa shape index (κ3) is 9.09. The van der Waals surface area contributed by atoms with Crippen LogP contribution in [-0.4, -0.2) is 28.7 Å². The van der Waals surface area contributed by atoms with Crippen LogP contribution in [0.4, 0.5) is 0 Å². The first kappa shape index (κ1) is 15.8. The Morgan fingerprint density at radius 3 is 2.44 bits per heavy atom. The zero-order valence-electron chi connectivity index (χ0n) is 10.7. The van der Waals surface area contributed by atoms with Crippen LogP contribution >= 0.6 is 0 Å². The second kappa shape index (κ2) is 8.93. The molecule has 0 fully saturated rings. The first-order valence-corrected chi connectivity index (χ1v) is 6.44. The molecule has 2 atom stereocenters. The number of nitrogens with two attached hydrogens (primary N) is 1. The summed E-state index contributed by atoms with van der Waals surface area (Å²) in [6, 6.07) is 0. The molecule has 0 saturated carbocycles. The minimum absolute atomic E-state index is 0.439. The number of unbranched alkanes of at least 4 members (excludes halogenated alkanes) is 2. The largest absolute Gasteiger partial charge is 0.379 e. The highest BCUT2D eigenvalue weighted by molar-refractivity contribution is 4.72. The Morgan fingerprint density at radius 1 is 1.19 bits per heavy atom.